The molecule has 0 amide bonds. The Labute approximate surface area is 154 Å². The number of aromatic amines is 2. The van der Waals surface area contributed by atoms with E-state index >= 15 is 0 Å². The van der Waals surface area contributed by atoms with Crippen LogP contribution in [0.4, 0.5) is 4.39 Å². The maximum atomic E-state index is 13.4. The second-order valence-electron chi connectivity index (χ2n) is 6.73. The van der Waals surface area contributed by atoms with Crippen molar-refractivity contribution in [2.75, 3.05) is 0 Å². The molecule has 4 aromatic rings. The van der Waals surface area contributed by atoms with E-state index in [1.165, 1.54) is 25.0 Å². The van der Waals surface area contributed by atoms with Crippen molar-refractivity contribution in [3.63, 3.8) is 0 Å². The zero-order valence-electron chi connectivity index (χ0n) is 14.4. The van der Waals surface area contributed by atoms with Gasteiger partial charge in [0.15, 0.2) is 0 Å². The van der Waals surface area contributed by atoms with E-state index in [1.807, 2.05) is 12.1 Å². The van der Waals surface area contributed by atoms with Gasteiger partial charge in [-0.3, -0.25) is 4.98 Å². The summed E-state index contributed by atoms with van der Waals surface area (Å²) in [5.41, 5.74) is 3.95. The molecule has 0 unspecified atom stereocenters. The molecule has 1 aromatic carbocycles. The number of hydrogen-bond donors (Lipinski definition) is 2. The number of benzene rings is 1. The van der Waals surface area contributed by atoms with Gasteiger partial charge in [-0.1, -0.05) is 0 Å². The summed E-state index contributed by atoms with van der Waals surface area (Å²) in [4.78, 5) is 12.7. The maximum absolute atomic E-state index is 13.4. The lowest BCUT2D eigenvalue weighted by Crippen LogP contribution is -1.91. The van der Waals surface area contributed by atoms with Crippen LogP contribution in [0, 0.1) is 11.7 Å². The Morgan fingerprint density at radius 2 is 1.93 bits per heavy atom. The third-order valence-corrected chi connectivity index (χ3v) is 4.67. The van der Waals surface area contributed by atoms with E-state index in [4.69, 9.17) is 4.98 Å². The fourth-order valence-electron chi connectivity index (χ4n) is 3.11. The molecular formula is C19H16FN7. The van der Waals surface area contributed by atoms with Gasteiger partial charge in [-0.05, 0) is 60.4 Å². The number of rotatable bonds is 5. The normalized spacial score (nSPS) is 13.8. The lowest BCUT2D eigenvalue weighted by atomic mass is 10.1. The molecule has 1 fully saturated rings. The van der Waals surface area contributed by atoms with Crippen LogP contribution in [0.25, 0.3) is 34.0 Å². The van der Waals surface area contributed by atoms with Gasteiger partial charge in [-0.15, -0.1) is 10.2 Å². The Morgan fingerprint density at radius 3 is 2.67 bits per heavy atom. The van der Waals surface area contributed by atoms with Gasteiger partial charge in [0, 0.05) is 23.7 Å². The highest BCUT2D eigenvalue weighted by molar-refractivity contribution is 5.78. The van der Waals surface area contributed by atoms with Gasteiger partial charge in [0.2, 0.25) is 5.82 Å². The van der Waals surface area contributed by atoms with Crippen LogP contribution in [-0.2, 0) is 6.42 Å². The summed E-state index contributed by atoms with van der Waals surface area (Å²) in [5, 5.41) is 14.1. The van der Waals surface area contributed by atoms with E-state index in [9.17, 15) is 4.39 Å². The summed E-state index contributed by atoms with van der Waals surface area (Å²) in [6, 6.07) is 10.1. The van der Waals surface area contributed by atoms with E-state index < -0.39 is 0 Å². The first-order valence-electron chi connectivity index (χ1n) is 8.81. The Kier molecular flexibility index (Phi) is 3.74. The molecule has 0 atom stereocenters. The highest BCUT2D eigenvalue weighted by Crippen LogP contribution is 2.35. The predicted octanol–water partition coefficient (Wildman–Crippen LogP) is 3.41. The first-order chi connectivity index (χ1) is 13.3. The van der Waals surface area contributed by atoms with Crippen molar-refractivity contribution in [3.8, 4) is 34.0 Å². The number of hydrogen-bond acceptors (Lipinski definition) is 5. The second kappa shape index (κ2) is 6.39. The summed E-state index contributed by atoms with van der Waals surface area (Å²) in [6.07, 6.45) is 5.11. The van der Waals surface area contributed by atoms with Crippen LogP contribution in [0.15, 0.2) is 42.6 Å². The summed E-state index contributed by atoms with van der Waals surface area (Å²) in [7, 11) is 0. The average molecular weight is 361 g/mol. The van der Waals surface area contributed by atoms with Gasteiger partial charge < -0.3 is 4.98 Å². The highest BCUT2D eigenvalue weighted by atomic mass is 19.1. The van der Waals surface area contributed by atoms with Crippen molar-refractivity contribution in [2.45, 2.75) is 19.3 Å². The molecular weight excluding hydrogens is 345 g/mol. The van der Waals surface area contributed by atoms with Gasteiger partial charge in [0.25, 0.3) is 0 Å². The smallest absolute Gasteiger partial charge is 0.204 e. The van der Waals surface area contributed by atoms with Gasteiger partial charge >= 0.3 is 0 Å². The summed E-state index contributed by atoms with van der Waals surface area (Å²) in [6.45, 7) is 0. The molecule has 0 saturated heterocycles. The molecule has 27 heavy (non-hydrogen) atoms. The van der Waals surface area contributed by atoms with Crippen LogP contribution >= 0.6 is 0 Å². The number of H-pyrrole nitrogens is 2. The van der Waals surface area contributed by atoms with Crippen molar-refractivity contribution in [1.29, 1.82) is 0 Å². The molecule has 0 radical (unpaired) electrons. The van der Waals surface area contributed by atoms with Gasteiger partial charge in [-0.2, -0.15) is 5.21 Å². The zero-order chi connectivity index (χ0) is 18.2. The average Bonchev–Trinajstić information content (AvgIpc) is 3.18. The van der Waals surface area contributed by atoms with Crippen molar-refractivity contribution in [3.05, 3.63) is 54.2 Å². The summed E-state index contributed by atoms with van der Waals surface area (Å²) in [5.74, 6) is 1.85. The number of nitrogens with one attached hydrogen (secondary N) is 2. The van der Waals surface area contributed by atoms with Crippen LogP contribution in [0.5, 0.6) is 0 Å². The fourth-order valence-corrected chi connectivity index (χ4v) is 3.11. The molecule has 134 valence electrons. The molecule has 0 bridgehead atoms. The molecule has 5 rings (SSSR count). The lowest BCUT2D eigenvalue weighted by molar-refractivity contribution is 0.628. The maximum Gasteiger partial charge on any atom is 0.204 e. The number of pyridine rings is 1. The fraction of sp³-hybridized carbons (Fsp3) is 0.211. The molecule has 1 aliphatic rings. The molecule has 0 aliphatic heterocycles. The van der Waals surface area contributed by atoms with Crippen LogP contribution in [0.1, 0.15) is 18.7 Å². The number of imidazole rings is 1. The molecule has 0 spiro atoms. The standard InChI is InChI=1S/C19H16FN7/c20-14-5-3-12(4-6-14)17-18(23-16(22-17)9-11-1-2-11)15-10-13(7-8-21-15)19-24-26-27-25-19/h3-8,10-11H,1-2,9H2,(H,22,23)(H,24,25,26,27). The molecule has 3 aromatic heterocycles. The minimum absolute atomic E-state index is 0.272. The quantitative estimate of drug-likeness (QED) is 0.568. The van der Waals surface area contributed by atoms with Crippen LogP contribution in [-0.4, -0.2) is 35.6 Å². The van der Waals surface area contributed by atoms with Crippen LogP contribution < -0.4 is 0 Å². The number of nitrogens with zero attached hydrogens (tertiary/aromatic N) is 5. The highest BCUT2D eigenvalue weighted by Gasteiger charge is 2.25. The Bertz CT molecular complexity index is 1070. The lowest BCUT2D eigenvalue weighted by Gasteiger charge is -2.04. The van der Waals surface area contributed by atoms with Crippen LogP contribution in [0.2, 0.25) is 0 Å². The topological polar surface area (TPSA) is 96.0 Å². The molecule has 1 saturated carbocycles. The number of aromatic nitrogens is 7. The molecule has 2 N–H and O–H groups in total. The summed E-state index contributed by atoms with van der Waals surface area (Å²) >= 11 is 0. The first-order valence-corrected chi connectivity index (χ1v) is 8.81. The van der Waals surface area contributed by atoms with Gasteiger partial charge in [0.1, 0.15) is 11.6 Å². The monoisotopic (exact) mass is 361 g/mol. The van der Waals surface area contributed by atoms with E-state index in [1.54, 1.807) is 18.3 Å². The number of halogens is 1. The predicted molar refractivity (Wildman–Crippen MR) is 96.8 cm³/mol. The van der Waals surface area contributed by atoms with E-state index in [2.05, 4.69) is 30.6 Å². The van der Waals surface area contributed by atoms with Gasteiger partial charge in [-0.25, -0.2) is 9.37 Å². The zero-order valence-corrected chi connectivity index (χ0v) is 14.4. The number of tetrazole rings is 1. The summed E-state index contributed by atoms with van der Waals surface area (Å²) < 4.78 is 13.4. The van der Waals surface area contributed by atoms with E-state index in [-0.39, 0.29) is 5.82 Å². The molecule has 1 aliphatic carbocycles. The Hall–Kier alpha value is -3.42. The van der Waals surface area contributed by atoms with E-state index in [0.717, 1.165) is 40.5 Å². The van der Waals surface area contributed by atoms with Crippen molar-refractivity contribution < 1.29 is 4.39 Å². The van der Waals surface area contributed by atoms with E-state index in [0.29, 0.717) is 11.7 Å². The molecule has 8 heteroatoms. The van der Waals surface area contributed by atoms with Crippen molar-refractivity contribution >= 4 is 0 Å². The molecule has 3 heterocycles. The minimum Gasteiger partial charge on any atom is -0.340 e. The Morgan fingerprint density at radius 1 is 1.07 bits per heavy atom. The third kappa shape index (κ3) is 3.21. The first kappa shape index (κ1) is 15.8. The third-order valence-electron chi connectivity index (χ3n) is 4.67. The second-order valence-corrected chi connectivity index (χ2v) is 6.73. The SMILES string of the molecule is Fc1ccc(-c2nc(CC3CC3)[nH]c2-c2cc(-c3nn[nH]n3)ccn2)cc1. The minimum atomic E-state index is -0.272. The van der Waals surface area contributed by atoms with Gasteiger partial charge in [0.05, 0.1) is 17.1 Å². The Balaban J connectivity index is 1.61. The van der Waals surface area contributed by atoms with Crippen molar-refractivity contribution in [1.82, 2.24) is 35.6 Å². The largest absolute Gasteiger partial charge is 0.340 e. The van der Waals surface area contributed by atoms with Crippen LogP contribution in [0.3, 0.4) is 0 Å². The molecule has 7 nitrogen and oxygen atoms in total. The van der Waals surface area contributed by atoms with Crippen molar-refractivity contribution in [2.24, 2.45) is 5.92 Å².